The van der Waals surface area contributed by atoms with E-state index in [-0.39, 0.29) is 35.1 Å². The maximum atomic E-state index is 13.2. The van der Waals surface area contributed by atoms with E-state index in [0.717, 1.165) is 5.56 Å². The third kappa shape index (κ3) is 9.09. The Morgan fingerprint density at radius 2 is 1.67 bits per heavy atom. The first-order chi connectivity index (χ1) is 21.4. The van der Waals surface area contributed by atoms with Gasteiger partial charge in [-0.2, -0.15) is 0 Å². The highest BCUT2D eigenvalue weighted by molar-refractivity contribution is 6.04. The SMILES string of the molecule is COc1ccc([C@H]2c3cccc(c3O)NC(=O)/C(C)=C/CC[C@H](OC)[C@@H](OC(N)=O)/C(C)=C/[C@H](C)[C@@H](O)[C@@H](OC)C[C@@H]2C)cc1. The molecule has 2 bridgehead atoms. The number of nitrogens with two attached hydrogens (primary N) is 1. The topological polar surface area (TPSA) is 150 Å². The number of carbonyl (C=O) groups excluding carboxylic acids is 2. The number of fused-ring (bicyclic) bond motifs is 2. The first-order valence-electron chi connectivity index (χ1n) is 15.2. The number of rotatable bonds is 5. The van der Waals surface area contributed by atoms with E-state index in [1.165, 1.54) is 7.11 Å². The molecule has 0 spiro atoms. The smallest absolute Gasteiger partial charge is 0.405 e. The largest absolute Gasteiger partial charge is 0.505 e. The van der Waals surface area contributed by atoms with Gasteiger partial charge in [-0.3, -0.25) is 4.79 Å². The van der Waals surface area contributed by atoms with Gasteiger partial charge in [-0.05, 0) is 68.4 Å². The predicted octanol–water partition coefficient (Wildman–Crippen LogP) is 5.67. The van der Waals surface area contributed by atoms with Crippen LogP contribution in [0.1, 0.15) is 64.0 Å². The van der Waals surface area contributed by atoms with Crippen LogP contribution < -0.4 is 15.8 Å². The second-order valence-electron chi connectivity index (χ2n) is 11.8. The van der Waals surface area contributed by atoms with Crippen LogP contribution in [-0.2, 0) is 19.0 Å². The van der Waals surface area contributed by atoms with Crippen molar-refractivity contribution in [2.75, 3.05) is 26.6 Å². The standard InChI is InChI=1S/C35H48N2O8/c1-20-10-8-13-28(43-6)33(45-35(36)41)23(4)18-22(3)31(38)29(44-7)19-21(2)30(24-14-16-25(42-5)17-15-24)26-11-9-12-27(32(26)39)37-34(20)40/h9-12,14-18,21-22,28-31,33,38-39H,8,13,19H2,1-7H3,(H2,36,41)(H,37,40)/b20-10+,23-18+/t21-,22-,28-,29-,30-,31+,33-/m0/s1. The number of primary amides is 1. The minimum Gasteiger partial charge on any atom is -0.505 e. The van der Waals surface area contributed by atoms with Gasteiger partial charge in [0.1, 0.15) is 11.5 Å². The molecule has 0 fully saturated rings. The zero-order valence-corrected chi connectivity index (χ0v) is 27.3. The molecule has 2 amide bonds. The summed E-state index contributed by atoms with van der Waals surface area (Å²) in [6.07, 6.45) is 1.13. The van der Waals surface area contributed by atoms with Gasteiger partial charge in [0.15, 0.2) is 6.10 Å². The van der Waals surface area contributed by atoms with E-state index in [2.05, 4.69) is 5.32 Å². The molecule has 3 rings (SSSR count). The molecule has 0 unspecified atom stereocenters. The number of benzene rings is 2. The Balaban J connectivity index is 2.15. The van der Waals surface area contributed by atoms with Crippen molar-refractivity contribution in [2.24, 2.45) is 17.6 Å². The zero-order valence-electron chi connectivity index (χ0n) is 27.3. The fourth-order valence-electron chi connectivity index (χ4n) is 6.12. The molecule has 0 aromatic heterocycles. The number of ether oxygens (including phenoxy) is 4. The van der Waals surface area contributed by atoms with Gasteiger partial charge in [0.2, 0.25) is 0 Å². The van der Waals surface area contributed by atoms with Crippen molar-refractivity contribution in [3.05, 3.63) is 76.9 Å². The normalized spacial score (nSPS) is 29.4. The maximum absolute atomic E-state index is 13.2. The van der Waals surface area contributed by atoms with Gasteiger partial charge >= 0.3 is 6.09 Å². The number of phenolic OH excluding ortho intramolecular Hbond substituents is 1. The second-order valence-corrected chi connectivity index (χ2v) is 11.8. The van der Waals surface area contributed by atoms with Crippen LogP contribution in [0.5, 0.6) is 11.5 Å². The Morgan fingerprint density at radius 1 is 1.00 bits per heavy atom. The number of aromatic hydroxyl groups is 1. The van der Waals surface area contributed by atoms with Crippen LogP contribution >= 0.6 is 0 Å². The summed E-state index contributed by atoms with van der Waals surface area (Å²) in [5, 5.41) is 25.9. The van der Waals surface area contributed by atoms with Crippen LogP contribution in [0.4, 0.5) is 10.5 Å². The highest BCUT2D eigenvalue weighted by Crippen LogP contribution is 2.43. The molecule has 5 N–H and O–H groups in total. The van der Waals surface area contributed by atoms with Crippen LogP contribution in [-0.4, -0.2) is 68.0 Å². The lowest BCUT2D eigenvalue weighted by atomic mass is 9.77. The lowest BCUT2D eigenvalue weighted by molar-refractivity contribution is -0.112. The number of hydrogen-bond donors (Lipinski definition) is 4. The maximum Gasteiger partial charge on any atom is 0.405 e. The highest BCUT2D eigenvalue weighted by Gasteiger charge is 2.33. The molecule has 45 heavy (non-hydrogen) atoms. The minimum atomic E-state index is -0.942. The first kappa shape index (κ1) is 35.6. The first-order valence-corrected chi connectivity index (χ1v) is 15.2. The van der Waals surface area contributed by atoms with Crippen molar-refractivity contribution in [3.8, 4) is 11.5 Å². The van der Waals surface area contributed by atoms with Gasteiger partial charge in [0.05, 0.1) is 31.1 Å². The number of phenols is 1. The molecule has 0 saturated carbocycles. The molecular formula is C35H48N2O8. The van der Waals surface area contributed by atoms with E-state index in [1.807, 2.05) is 50.3 Å². The molecule has 0 aliphatic carbocycles. The molecule has 10 heteroatoms. The zero-order chi connectivity index (χ0) is 33.3. The summed E-state index contributed by atoms with van der Waals surface area (Å²) < 4.78 is 22.4. The Labute approximate surface area is 266 Å². The molecule has 2 aromatic carbocycles. The monoisotopic (exact) mass is 624 g/mol. The molecule has 0 saturated heterocycles. The number of anilines is 1. The summed E-state index contributed by atoms with van der Waals surface area (Å²) in [4.78, 5) is 25.0. The van der Waals surface area contributed by atoms with E-state index >= 15 is 0 Å². The van der Waals surface area contributed by atoms with Crippen molar-refractivity contribution in [1.29, 1.82) is 0 Å². The number of hydrogen-bond acceptors (Lipinski definition) is 8. The van der Waals surface area contributed by atoms with E-state index in [0.29, 0.717) is 41.7 Å². The second kappa shape index (κ2) is 16.5. The van der Waals surface area contributed by atoms with Crippen LogP contribution in [0, 0.1) is 11.8 Å². The fraction of sp³-hybridized carbons (Fsp3) is 0.486. The molecule has 10 nitrogen and oxygen atoms in total. The Bertz CT molecular complexity index is 1360. The van der Waals surface area contributed by atoms with E-state index in [9.17, 15) is 19.8 Å². The number of aliphatic hydroxyl groups is 1. The summed E-state index contributed by atoms with van der Waals surface area (Å²) in [7, 11) is 4.68. The van der Waals surface area contributed by atoms with Crippen molar-refractivity contribution < 1.29 is 38.7 Å². The molecular weight excluding hydrogens is 576 g/mol. The molecule has 2 aromatic rings. The summed E-state index contributed by atoms with van der Waals surface area (Å²) in [6, 6.07) is 12.9. The number of carbonyl (C=O) groups is 2. The number of methoxy groups -OCH3 is 3. The molecule has 1 heterocycles. The number of amides is 2. The number of para-hydroxylation sites is 1. The molecule has 0 radical (unpaired) electrons. The van der Waals surface area contributed by atoms with E-state index in [1.54, 1.807) is 46.3 Å². The highest BCUT2D eigenvalue weighted by atomic mass is 16.6. The average molecular weight is 625 g/mol. The average Bonchev–Trinajstić information content (AvgIpc) is 3.02. The summed E-state index contributed by atoms with van der Waals surface area (Å²) in [5.41, 5.74) is 8.39. The van der Waals surface area contributed by atoms with Gasteiger partial charge in [0, 0.05) is 37.2 Å². The third-order valence-corrected chi connectivity index (χ3v) is 8.64. The van der Waals surface area contributed by atoms with Crippen LogP contribution in [0.25, 0.3) is 0 Å². The summed E-state index contributed by atoms with van der Waals surface area (Å²) in [5.74, 6) is -0.539. The van der Waals surface area contributed by atoms with Gasteiger partial charge < -0.3 is 40.2 Å². The third-order valence-electron chi connectivity index (χ3n) is 8.64. The predicted molar refractivity (Wildman–Crippen MR) is 173 cm³/mol. The quantitative estimate of drug-likeness (QED) is 0.245. The number of allylic oxidation sites excluding steroid dienone is 1. The molecule has 7 atom stereocenters. The van der Waals surface area contributed by atoms with Gasteiger partial charge in [0.25, 0.3) is 5.91 Å². The van der Waals surface area contributed by atoms with Crippen molar-refractivity contribution >= 4 is 17.7 Å². The van der Waals surface area contributed by atoms with Crippen molar-refractivity contribution in [3.63, 3.8) is 0 Å². The van der Waals surface area contributed by atoms with Crippen molar-refractivity contribution in [1.82, 2.24) is 0 Å². The minimum absolute atomic E-state index is 0.0310. The molecule has 246 valence electrons. The molecule has 1 aliphatic heterocycles. The van der Waals surface area contributed by atoms with E-state index in [4.69, 9.17) is 24.7 Å². The van der Waals surface area contributed by atoms with Gasteiger partial charge in [-0.15, -0.1) is 0 Å². The fourth-order valence-corrected chi connectivity index (χ4v) is 6.12. The summed E-state index contributed by atoms with van der Waals surface area (Å²) >= 11 is 0. The van der Waals surface area contributed by atoms with Crippen LogP contribution in [0.3, 0.4) is 0 Å². The Kier molecular flexibility index (Phi) is 13.0. The Hall–Kier alpha value is -3.86. The molecule has 1 aliphatic rings. The lowest BCUT2D eigenvalue weighted by Gasteiger charge is -2.33. The van der Waals surface area contributed by atoms with Crippen LogP contribution in [0.2, 0.25) is 0 Å². The van der Waals surface area contributed by atoms with Crippen molar-refractivity contribution in [2.45, 2.75) is 77.3 Å². The van der Waals surface area contributed by atoms with Gasteiger partial charge in [-0.25, -0.2) is 4.79 Å². The van der Waals surface area contributed by atoms with Gasteiger partial charge in [-0.1, -0.05) is 50.3 Å². The number of nitrogens with one attached hydrogen (secondary N) is 1. The van der Waals surface area contributed by atoms with E-state index < -0.39 is 30.5 Å². The lowest BCUT2D eigenvalue weighted by Crippen LogP contribution is -2.38. The summed E-state index contributed by atoms with van der Waals surface area (Å²) in [6.45, 7) is 7.41. The number of aliphatic hydroxyl groups excluding tert-OH is 1. The van der Waals surface area contributed by atoms with Crippen LogP contribution in [0.15, 0.2) is 65.8 Å². The Morgan fingerprint density at radius 3 is 2.27 bits per heavy atom.